The summed E-state index contributed by atoms with van der Waals surface area (Å²) >= 11 is 0. The molecule has 0 saturated carbocycles. The van der Waals surface area contributed by atoms with Gasteiger partial charge in [-0.05, 0) is 24.9 Å². The molecular formula is C11H18Cl2N2. The molecule has 4 heteroatoms. The quantitative estimate of drug-likeness (QED) is 0.801. The fourth-order valence-electron chi connectivity index (χ4n) is 1.94. The van der Waals surface area contributed by atoms with Crippen LogP contribution in [0.2, 0.25) is 0 Å². The summed E-state index contributed by atoms with van der Waals surface area (Å²) < 4.78 is 0. The number of hydrogen-bond acceptors (Lipinski definition) is 2. The van der Waals surface area contributed by atoms with Gasteiger partial charge in [-0.1, -0.05) is 30.3 Å². The van der Waals surface area contributed by atoms with E-state index >= 15 is 0 Å². The Hall–Kier alpha value is -0.280. The molecule has 0 spiro atoms. The molecule has 0 aromatic heterocycles. The molecule has 3 N–H and O–H groups in total. The topological polar surface area (TPSA) is 38.0 Å². The molecule has 2 atom stereocenters. The van der Waals surface area contributed by atoms with E-state index in [1.807, 2.05) is 6.07 Å². The first-order valence-electron chi connectivity index (χ1n) is 4.92. The molecule has 2 rings (SSSR count). The molecule has 1 saturated heterocycles. The van der Waals surface area contributed by atoms with Crippen LogP contribution in [-0.2, 0) is 0 Å². The fraction of sp³-hybridized carbons (Fsp3) is 0.455. The zero-order valence-corrected chi connectivity index (χ0v) is 10.2. The van der Waals surface area contributed by atoms with Gasteiger partial charge in [0.15, 0.2) is 0 Å². The molecule has 1 aromatic carbocycles. The lowest BCUT2D eigenvalue weighted by Crippen LogP contribution is -2.42. The second-order valence-corrected chi connectivity index (χ2v) is 3.65. The maximum Gasteiger partial charge on any atom is 0.0473 e. The van der Waals surface area contributed by atoms with E-state index in [9.17, 15) is 0 Å². The Labute approximate surface area is 103 Å². The van der Waals surface area contributed by atoms with Crippen molar-refractivity contribution in [2.45, 2.75) is 24.9 Å². The first-order valence-corrected chi connectivity index (χ1v) is 4.92. The molecule has 1 fully saturated rings. The molecule has 15 heavy (non-hydrogen) atoms. The van der Waals surface area contributed by atoms with Crippen molar-refractivity contribution in [1.82, 2.24) is 5.32 Å². The Kier molecular flexibility index (Phi) is 6.94. The summed E-state index contributed by atoms with van der Waals surface area (Å²) in [6.45, 7) is 1.09. The Morgan fingerprint density at radius 1 is 1.13 bits per heavy atom. The van der Waals surface area contributed by atoms with E-state index in [2.05, 4.69) is 29.6 Å². The molecule has 1 heterocycles. The Morgan fingerprint density at radius 3 is 2.40 bits per heavy atom. The summed E-state index contributed by atoms with van der Waals surface area (Å²) in [6, 6.07) is 11.1. The lowest BCUT2D eigenvalue weighted by molar-refractivity contribution is 0.358. The molecule has 2 unspecified atom stereocenters. The van der Waals surface area contributed by atoms with Gasteiger partial charge in [-0.25, -0.2) is 0 Å². The van der Waals surface area contributed by atoms with E-state index in [1.54, 1.807) is 0 Å². The largest absolute Gasteiger partial charge is 0.326 e. The predicted octanol–water partition coefficient (Wildman–Crippen LogP) is 2.28. The standard InChI is InChI=1S/C11H16N2.2ClH/c12-10-7-4-8-13-11(10)9-5-2-1-3-6-9;;/h1-3,5-6,10-11,13H,4,7-8,12H2;2*1H. The average Bonchev–Trinajstić information content (AvgIpc) is 2.20. The van der Waals surface area contributed by atoms with Gasteiger partial charge >= 0.3 is 0 Å². The van der Waals surface area contributed by atoms with Crippen LogP contribution in [0.15, 0.2) is 30.3 Å². The monoisotopic (exact) mass is 248 g/mol. The second kappa shape index (κ2) is 7.07. The van der Waals surface area contributed by atoms with E-state index in [4.69, 9.17) is 5.73 Å². The second-order valence-electron chi connectivity index (χ2n) is 3.65. The molecule has 0 radical (unpaired) electrons. The molecule has 86 valence electrons. The van der Waals surface area contributed by atoms with Crippen molar-refractivity contribution >= 4 is 24.8 Å². The molecule has 1 aliphatic rings. The normalized spacial score (nSPS) is 24.9. The van der Waals surface area contributed by atoms with Gasteiger partial charge in [0.25, 0.3) is 0 Å². The molecule has 0 aliphatic carbocycles. The summed E-state index contributed by atoms with van der Waals surface area (Å²) in [5.41, 5.74) is 7.36. The number of nitrogens with one attached hydrogen (secondary N) is 1. The maximum absolute atomic E-state index is 6.05. The van der Waals surface area contributed by atoms with Crippen molar-refractivity contribution < 1.29 is 0 Å². The van der Waals surface area contributed by atoms with Gasteiger partial charge in [0.1, 0.15) is 0 Å². The minimum atomic E-state index is 0. The third kappa shape index (κ3) is 3.65. The minimum absolute atomic E-state index is 0. The van der Waals surface area contributed by atoms with E-state index in [1.165, 1.54) is 12.0 Å². The number of halogens is 2. The molecule has 1 aliphatic heterocycles. The smallest absolute Gasteiger partial charge is 0.0473 e. The number of rotatable bonds is 1. The van der Waals surface area contributed by atoms with Crippen LogP contribution in [-0.4, -0.2) is 12.6 Å². The highest BCUT2D eigenvalue weighted by Crippen LogP contribution is 2.21. The average molecular weight is 249 g/mol. The zero-order valence-electron chi connectivity index (χ0n) is 8.56. The first-order chi connectivity index (χ1) is 6.38. The zero-order chi connectivity index (χ0) is 9.10. The van der Waals surface area contributed by atoms with Crippen LogP contribution < -0.4 is 11.1 Å². The van der Waals surface area contributed by atoms with E-state index < -0.39 is 0 Å². The minimum Gasteiger partial charge on any atom is -0.326 e. The van der Waals surface area contributed by atoms with Gasteiger partial charge in [-0.15, -0.1) is 24.8 Å². The Morgan fingerprint density at radius 2 is 1.80 bits per heavy atom. The summed E-state index contributed by atoms with van der Waals surface area (Å²) in [4.78, 5) is 0. The van der Waals surface area contributed by atoms with Crippen LogP contribution in [0, 0.1) is 0 Å². The van der Waals surface area contributed by atoms with Crippen LogP contribution >= 0.6 is 24.8 Å². The summed E-state index contributed by atoms with van der Waals surface area (Å²) in [7, 11) is 0. The molecule has 1 aromatic rings. The lowest BCUT2D eigenvalue weighted by atomic mass is 9.93. The molecule has 2 nitrogen and oxygen atoms in total. The molecule has 0 bridgehead atoms. The number of hydrogen-bond donors (Lipinski definition) is 2. The number of benzene rings is 1. The highest BCUT2D eigenvalue weighted by atomic mass is 35.5. The number of piperidine rings is 1. The fourth-order valence-corrected chi connectivity index (χ4v) is 1.94. The summed E-state index contributed by atoms with van der Waals surface area (Å²) in [6.07, 6.45) is 2.33. The van der Waals surface area contributed by atoms with Crippen molar-refractivity contribution in [1.29, 1.82) is 0 Å². The van der Waals surface area contributed by atoms with Crippen molar-refractivity contribution in [2.75, 3.05) is 6.54 Å². The van der Waals surface area contributed by atoms with Crippen LogP contribution in [0.4, 0.5) is 0 Å². The highest BCUT2D eigenvalue weighted by molar-refractivity contribution is 5.85. The summed E-state index contributed by atoms with van der Waals surface area (Å²) in [5, 5.41) is 3.46. The van der Waals surface area contributed by atoms with Crippen molar-refractivity contribution in [3.63, 3.8) is 0 Å². The Bertz CT molecular complexity index is 267. The van der Waals surface area contributed by atoms with E-state index in [0.29, 0.717) is 6.04 Å². The van der Waals surface area contributed by atoms with Gasteiger partial charge in [0.2, 0.25) is 0 Å². The maximum atomic E-state index is 6.05. The molecule has 0 amide bonds. The van der Waals surface area contributed by atoms with Crippen molar-refractivity contribution in [3.8, 4) is 0 Å². The third-order valence-electron chi connectivity index (χ3n) is 2.67. The van der Waals surface area contributed by atoms with Crippen molar-refractivity contribution in [3.05, 3.63) is 35.9 Å². The van der Waals surface area contributed by atoms with Gasteiger partial charge in [-0.2, -0.15) is 0 Å². The van der Waals surface area contributed by atoms with Gasteiger partial charge in [-0.3, -0.25) is 0 Å². The van der Waals surface area contributed by atoms with E-state index in [0.717, 1.165) is 13.0 Å². The van der Waals surface area contributed by atoms with Gasteiger partial charge in [0, 0.05) is 12.1 Å². The van der Waals surface area contributed by atoms with Crippen LogP contribution in [0.3, 0.4) is 0 Å². The van der Waals surface area contributed by atoms with Crippen LogP contribution in [0.25, 0.3) is 0 Å². The third-order valence-corrected chi connectivity index (χ3v) is 2.67. The predicted molar refractivity (Wildman–Crippen MR) is 68.9 cm³/mol. The first kappa shape index (κ1) is 14.7. The summed E-state index contributed by atoms with van der Waals surface area (Å²) in [5.74, 6) is 0. The SMILES string of the molecule is Cl.Cl.NC1CCCNC1c1ccccc1. The lowest BCUT2D eigenvalue weighted by Gasteiger charge is -2.30. The Balaban J connectivity index is 0.000000980. The van der Waals surface area contributed by atoms with E-state index in [-0.39, 0.29) is 30.9 Å². The number of nitrogens with two attached hydrogens (primary N) is 1. The van der Waals surface area contributed by atoms with Crippen molar-refractivity contribution in [2.24, 2.45) is 5.73 Å². The van der Waals surface area contributed by atoms with Gasteiger partial charge in [0.05, 0.1) is 0 Å². The van der Waals surface area contributed by atoms with Crippen LogP contribution in [0.1, 0.15) is 24.4 Å². The van der Waals surface area contributed by atoms with Crippen LogP contribution in [0.5, 0.6) is 0 Å². The highest BCUT2D eigenvalue weighted by Gasteiger charge is 2.21. The molecular weight excluding hydrogens is 231 g/mol. The van der Waals surface area contributed by atoms with Gasteiger partial charge < -0.3 is 11.1 Å².